The highest BCUT2D eigenvalue weighted by Crippen LogP contribution is 2.26. The van der Waals surface area contributed by atoms with Crippen molar-refractivity contribution in [3.8, 4) is 5.75 Å². The molecular formula is C20H19ClN2O3. The lowest BCUT2D eigenvalue weighted by Gasteiger charge is -2.27. The van der Waals surface area contributed by atoms with E-state index in [0.29, 0.717) is 22.4 Å². The third kappa shape index (κ3) is 4.06. The largest absolute Gasteiger partial charge is 0.484 e. The van der Waals surface area contributed by atoms with Crippen LogP contribution in [0.5, 0.6) is 5.75 Å². The predicted octanol–water partition coefficient (Wildman–Crippen LogP) is 4.81. The third-order valence-electron chi connectivity index (χ3n) is 4.00. The molecule has 0 saturated heterocycles. The molecule has 2 heterocycles. The van der Waals surface area contributed by atoms with Gasteiger partial charge in [0.25, 0.3) is 5.91 Å². The molecule has 3 aromatic rings. The van der Waals surface area contributed by atoms with Gasteiger partial charge in [0.05, 0.1) is 12.3 Å². The number of carbonyl (C=O) groups excluding carboxylic acids is 1. The molecule has 0 saturated carbocycles. The Morgan fingerprint density at radius 2 is 2.12 bits per heavy atom. The molecule has 134 valence electrons. The smallest absolute Gasteiger partial charge is 0.266 e. The summed E-state index contributed by atoms with van der Waals surface area (Å²) in [6, 6.07) is 14.0. The third-order valence-corrected chi connectivity index (χ3v) is 4.42. The summed E-state index contributed by atoms with van der Waals surface area (Å²) in [4.78, 5) is 18.8. The molecule has 3 rings (SSSR count). The normalized spacial score (nSPS) is 11.8. The number of carbonyl (C=O) groups is 1. The Labute approximate surface area is 157 Å². The van der Waals surface area contributed by atoms with E-state index in [1.807, 2.05) is 26.0 Å². The van der Waals surface area contributed by atoms with Gasteiger partial charge in [-0.25, -0.2) is 4.98 Å². The standard InChI is InChI=1S/C20H19ClN2O3/c1-14-12-16(8-9-17(14)21)26-13-20(24)23(19-7-3-4-10-22-19)15(2)18-6-5-11-25-18/h3-12,15H,13H2,1-2H3/t15-/m1/s1. The van der Waals surface area contributed by atoms with E-state index in [9.17, 15) is 4.79 Å². The highest BCUT2D eigenvalue weighted by molar-refractivity contribution is 6.31. The molecule has 5 nitrogen and oxygen atoms in total. The minimum atomic E-state index is -0.317. The van der Waals surface area contributed by atoms with Gasteiger partial charge in [-0.05, 0) is 61.9 Å². The fourth-order valence-corrected chi connectivity index (χ4v) is 2.73. The number of furan rings is 1. The van der Waals surface area contributed by atoms with Crippen LogP contribution in [0.1, 0.15) is 24.3 Å². The van der Waals surface area contributed by atoms with Crippen molar-refractivity contribution in [3.05, 3.63) is 77.3 Å². The zero-order valence-corrected chi connectivity index (χ0v) is 15.3. The summed E-state index contributed by atoms with van der Waals surface area (Å²) in [7, 11) is 0. The lowest BCUT2D eigenvalue weighted by atomic mass is 10.2. The fourth-order valence-electron chi connectivity index (χ4n) is 2.62. The summed E-state index contributed by atoms with van der Waals surface area (Å²) in [6.07, 6.45) is 3.23. The van der Waals surface area contributed by atoms with Crippen LogP contribution in [0.2, 0.25) is 5.02 Å². The van der Waals surface area contributed by atoms with Crippen molar-refractivity contribution in [2.45, 2.75) is 19.9 Å². The second-order valence-corrected chi connectivity index (χ2v) is 6.25. The molecule has 6 heteroatoms. The topological polar surface area (TPSA) is 55.6 Å². The van der Waals surface area contributed by atoms with Crippen molar-refractivity contribution in [2.75, 3.05) is 11.5 Å². The quantitative estimate of drug-likeness (QED) is 0.624. The lowest BCUT2D eigenvalue weighted by molar-refractivity contribution is -0.121. The zero-order valence-electron chi connectivity index (χ0n) is 14.6. The number of aromatic nitrogens is 1. The van der Waals surface area contributed by atoms with Gasteiger partial charge in [0.15, 0.2) is 6.61 Å². The molecule has 0 aliphatic rings. The Morgan fingerprint density at radius 3 is 2.77 bits per heavy atom. The Balaban J connectivity index is 1.79. The average molecular weight is 371 g/mol. The van der Waals surface area contributed by atoms with Gasteiger partial charge in [0, 0.05) is 11.2 Å². The zero-order chi connectivity index (χ0) is 18.5. The van der Waals surface area contributed by atoms with Gasteiger partial charge in [0.1, 0.15) is 17.3 Å². The van der Waals surface area contributed by atoms with Gasteiger partial charge in [0.2, 0.25) is 0 Å². The van der Waals surface area contributed by atoms with Gasteiger partial charge in [-0.1, -0.05) is 17.7 Å². The first-order valence-electron chi connectivity index (χ1n) is 8.21. The molecule has 26 heavy (non-hydrogen) atoms. The van der Waals surface area contributed by atoms with Crippen molar-refractivity contribution in [3.63, 3.8) is 0 Å². The average Bonchev–Trinajstić information content (AvgIpc) is 3.18. The number of pyridine rings is 1. The van der Waals surface area contributed by atoms with Crippen LogP contribution in [-0.4, -0.2) is 17.5 Å². The number of nitrogens with zero attached hydrogens (tertiary/aromatic N) is 2. The van der Waals surface area contributed by atoms with E-state index in [0.717, 1.165) is 5.56 Å². The highest BCUT2D eigenvalue weighted by atomic mass is 35.5. The molecular weight excluding hydrogens is 352 g/mol. The summed E-state index contributed by atoms with van der Waals surface area (Å²) in [5.41, 5.74) is 0.891. The van der Waals surface area contributed by atoms with Crippen LogP contribution in [0.25, 0.3) is 0 Å². The molecule has 0 fully saturated rings. The second kappa shape index (κ2) is 8.06. The number of hydrogen-bond donors (Lipinski definition) is 0. The van der Waals surface area contributed by atoms with Crippen LogP contribution in [0.4, 0.5) is 5.82 Å². The predicted molar refractivity (Wildman–Crippen MR) is 101 cm³/mol. The van der Waals surface area contributed by atoms with E-state index in [-0.39, 0.29) is 18.6 Å². The minimum absolute atomic E-state index is 0.122. The molecule has 0 bridgehead atoms. The van der Waals surface area contributed by atoms with Crippen molar-refractivity contribution in [2.24, 2.45) is 0 Å². The summed E-state index contributed by atoms with van der Waals surface area (Å²) in [6.45, 7) is 3.65. The number of rotatable bonds is 6. The molecule has 0 aliphatic carbocycles. The molecule has 0 aliphatic heterocycles. The van der Waals surface area contributed by atoms with E-state index in [1.165, 1.54) is 0 Å². The van der Waals surface area contributed by atoms with Gasteiger partial charge in [-0.2, -0.15) is 0 Å². The van der Waals surface area contributed by atoms with E-state index in [2.05, 4.69) is 4.98 Å². The van der Waals surface area contributed by atoms with E-state index in [4.69, 9.17) is 20.8 Å². The summed E-state index contributed by atoms with van der Waals surface area (Å²) >= 11 is 6.02. The summed E-state index contributed by atoms with van der Waals surface area (Å²) < 4.78 is 11.1. The van der Waals surface area contributed by atoms with Crippen molar-refractivity contribution in [1.82, 2.24) is 4.98 Å². The van der Waals surface area contributed by atoms with Crippen LogP contribution in [-0.2, 0) is 4.79 Å². The van der Waals surface area contributed by atoms with Crippen LogP contribution in [0.15, 0.2) is 65.4 Å². The Kier molecular flexibility index (Phi) is 5.58. The van der Waals surface area contributed by atoms with Gasteiger partial charge < -0.3 is 9.15 Å². The number of aryl methyl sites for hydroxylation is 1. The molecule has 1 atom stereocenters. The number of hydrogen-bond acceptors (Lipinski definition) is 4. The maximum absolute atomic E-state index is 12.9. The first-order valence-corrected chi connectivity index (χ1v) is 8.59. The number of amides is 1. The highest BCUT2D eigenvalue weighted by Gasteiger charge is 2.26. The SMILES string of the molecule is Cc1cc(OCC(=O)N(c2ccccn2)[C@H](C)c2ccco2)ccc1Cl. The molecule has 0 spiro atoms. The second-order valence-electron chi connectivity index (χ2n) is 5.84. The lowest BCUT2D eigenvalue weighted by Crippen LogP contribution is -2.37. The van der Waals surface area contributed by atoms with Crippen molar-refractivity contribution >= 4 is 23.3 Å². The number of anilines is 1. The first kappa shape index (κ1) is 18.0. The molecule has 2 aromatic heterocycles. The van der Waals surface area contributed by atoms with Crippen LogP contribution in [0.3, 0.4) is 0 Å². The molecule has 0 unspecified atom stereocenters. The molecule has 0 radical (unpaired) electrons. The monoisotopic (exact) mass is 370 g/mol. The molecule has 1 amide bonds. The maximum Gasteiger partial charge on any atom is 0.266 e. The number of benzene rings is 1. The van der Waals surface area contributed by atoms with E-state index < -0.39 is 0 Å². The Hall–Kier alpha value is -2.79. The van der Waals surface area contributed by atoms with Gasteiger partial charge in [-0.15, -0.1) is 0 Å². The Morgan fingerprint density at radius 1 is 1.27 bits per heavy atom. The maximum atomic E-state index is 12.9. The number of ether oxygens (including phenoxy) is 1. The molecule has 0 N–H and O–H groups in total. The van der Waals surface area contributed by atoms with Gasteiger partial charge in [-0.3, -0.25) is 9.69 Å². The Bertz CT molecular complexity index is 866. The number of halogens is 1. The molecule has 1 aromatic carbocycles. The van der Waals surface area contributed by atoms with Crippen molar-refractivity contribution in [1.29, 1.82) is 0 Å². The summed E-state index contributed by atoms with van der Waals surface area (Å²) in [5, 5.41) is 0.658. The van der Waals surface area contributed by atoms with E-state index in [1.54, 1.807) is 53.8 Å². The van der Waals surface area contributed by atoms with E-state index >= 15 is 0 Å². The van der Waals surface area contributed by atoms with Crippen LogP contribution >= 0.6 is 11.6 Å². The van der Waals surface area contributed by atoms with Crippen molar-refractivity contribution < 1.29 is 13.9 Å². The van der Waals surface area contributed by atoms with Crippen LogP contribution in [0, 0.1) is 6.92 Å². The fraction of sp³-hybridized carbons (Fsp3) is 0.200. The van der Waals surface area contributed by atoms with Gasteiger partial charge >= 0.3 is 0 Å². The summed E-state index contributed by atoms with van der Waals surface area (Å²) in [5.74, 6) is 1.58. The minimum Gasteiger partial charge on any atom is -0.484 e. The first-order chi connectivity index (χ1) is 12.6. The van der Waals surface area contributed by atoms with Crippen LogP contribution < -0.4 is 9.64 Å².